The Bertz CT molecular complexity index is 2020. The van der Waals surface area contributed by atoms with E-state index in [1.54, 1.807) is 6.92 Å². The Labute approximate surface area is 443 Å². The number of nitrogens with two attached hydrogens (primary N) is 4. The molecule has 0 bridgehead atoms. The maximum Gasteiger partial charge on any atom is 0.407 e. The van der Waals surface area contributed by atoms with Crippen molar-refractivity contribution < 1.29 is 107 Å². The van der Waals surface area contributed by atoms with Crippen molar-refractivity contribution in [2.24, 2.45) is 38.8 Å². The molecule has 0 aliphatic carbocycles. The quantitative estimate of drug-likeness (QED) is 0.00898. The number of unbranched alkanes of at least 4 members (excludes halogenated alkanes) is 1. The van der Waals surface area contributed by atoms with Crippen LogP contribution in [0.4, 0.5) is 4.79 Å². The van der Waals surface area contributed by atoms with E-state index < -0.39 is 160 Å². The summed E-state index contributed by atoms with van der Waals surface area (Å²) in [5.41, 5.74) is 22.1. The minimum absolute atomic E-state index is 0.0100. The molecule has 0 aromatic rings. The summed E-state index contributed by atoms with van der Waals surface area (Å²) < 4.78 is 54.6. The summed E-state index contributed by atoms with van der Waals surface area (Å²) in [4.78, 5) is 83.0. The van der Waals surface area contributed by atoms with Gasteiger partial charge in [0.2, 0.25) is 23.3 Å². The Morgan fingerprint density at radius 3 is 1.75 bits per heavy atom. The van der Waals surface area contributed by atoms with Crippen LogP contribution in [0.1, 0.15) is 39.5 Å². The van der Waals surface area contributed by atoms with Gasteiger partial charge in [-0.2, -0.15) is 0 Å². The third kappa shape index (κ3) is 25.9. The second kappa shape index (κ2) is 37.2. The number of aliphatic hydroxyl groups excluding tert-OH is 4. The third-order valence-electron chi connectivity index (χ3n) is 11.0. The number of carbonyl (C=O) groups excluding carboxylic acids is 4. The average Bonchev–Trinajstić information content (AvgIpc) is 3.37. The molecule has 0 spiro atoms. The SMILES string of the molecule is C#CCOCCOCCOCCOCCNC(=O)[C@@H](CCCCC(=O)OCCO[C@@H]([C@@H]1OC(C(=O)O)=C[C@H](N=C(N)N)[C@H]1NC(C)=O)[C@H](O)CO)NC(=O)OCCO[C@@H]([C@@H]1OC(C(=O)O)=C[C@H](N=C(N)N)[C@H]1C)[C@H](O)CO. The van der Waals surface area contributed by atoms with Crippen molar-refractivity contribution in [2.75, 3.05) is 99.0 Å². The molecule has 31 heteroatoms. The number of terminal acetylenes is 1. The summed E-state index contributed by atoms with van der Waals surface area (Å²) in [6.45, 7) is 1.44. The van der Waals surface area contributed by atoms with Gasteiger partial charge in [0.25, 0.3) is 0 Å². The predicted molar refractivity (Wildman–Crippen MR) is 266 cm³/mol. The van der Waals surface area contributed by atoms with Crippen molar-refractivity contribution >= 4 is 47.7 Å². The van der Waals surface area contributed by atoms with Crippen LogP contribution in [0, 0.1) is 18.3 Å². The van der Waals surface area contributed by atoms with E-state index in [-0.39, 0.29) is 64.6 Å². The number of nitrogens with one attached hydrogen (secondary N) is 3. The standard InChI is InChI=1S/C46H75N9O22/c1-4-10-68-12-14-70-16-17-71-15-13-69-11-9-51-41(62)28(55-46(67)75-21-20-73-38(31(59)24-56)37-26(2)29(53-44(47)48)22-33(76-37)42(63)64)7-5-6-8-35(61)72-18-19-74-39(32(60)25-57)40-36(52-27(3)58)30(54-45(49)50)23-34(77-40)43(65)66/h1,22-23,26,28-32,36-40,56-57,59-60H,5-21,24-25H2,2-3H3,(H,51,62)(H,52,58)(H,55,67)(H,63,64)(H,65,66)(H4,47,48,53)(H4,49,50,54)/t26-,28-,29+,30+,31-,32-,36-,37-,38-,39-,40-/m1/s1. The van der Waals surface area contributed by atoms with Gasteiger partial charge in [0.05, 0.1) is 90.8 Å². The van der Waals surface area contributed by atoms with Crippen LogP contribution in [0.5, 0.6) is 0 Å². The van der Waals surface area contributed by atoms with E-state index in [1.807, 2.05) is 0 Å². The van der Waals surface area contributed by atoms with Crippen molar-refractivity contribution in [1.82, 2.24) is 16.0 Å². The number of amides is 3. The normalized spacial score (nSPS) is 20.8. The van der Waals surface area contributed by atoms with Crippen molar-refractivity contribution in [3.8, 4) is 12.3 Å². The molecule has 0 aromatic heterocycles. The number of alkyl carbamates (subject to hydrolysis) is 1. The van der Waals surface area contributed by atoms with Gasteiger partial charge in [0.15, 0.2) is 18.0 Å². The third-order valence-corrected chi connectivity index (χ3v) is 11.0. The summed E-state index contributed by atoms with van der Waals surface area (Å²) in [7, 11) is 0. The zero-order valence-corrected chi connectivity index (χ0v) is 42.9. The van der Waals surface area contributed by atoms with Gasteiger partial charge in [0, 0.05) is 25.8 Å². The van der Waals surface area contributed by atoms with Gasteiger partial charge in [-0.25, -0.2) is 24.4 Å². The number of esters is 1. The highest BCUT2D eigenvalue weighted by Crippen LogP contribution is 2.31. The number of hydrogen-bond acceptors (Lipinski definition) is 22. The number of guanidine groups is 2. The summed E-state index contributed by atoms with van der Waals surface area (Å²) in [5.74, 6) is -5.24. The Kier molecular flexibility index (Phi) is 32.2. The largest absolute Gasteiger partial charge is 0.480 e. The lowest BCUT2D eigenvalue weighted by Gasteiger charge is -2.40. The van der Waals surface area contributed by atoms with Crippen molar-refractivity contribution in [3.05, 3.63) is 23.7 Å². The van der Waals surface area contributed by atoms with E-state index in [4.69, 9.17) is 76.7 Å². The fourth-order valence-electron chi connectivity index (χ4n) is 7.43. The van der Waals surface area contributed by atoms with Crippen LogP contribution in [0.15, 0.2) is 33.7 Å². The van der Waals surface area contributed by atoms with Crippen molar-refractivity contribution in [2.45, 2.75) is 100 Å². The fourth-order valence-corrected chi connectivity index (χ4v) is 7.43. The Morgan fingerprint density at radius 2 is 1.22 bits per heavy atom. The molecule has 0 unspecified atom stereocenters. The molecule has 11 atom stereocenters. The first-order valence-electron chi connectivity index (χ1n) is 24.3. The van der Waals surface area contributed by atoms with E-state index in [2.05, 4.69) is 31.9 Å². The van der Waals surface area contributed by atoms with Gasteiger partial charge >= 0.3 is 24.0 Å². The number of carboxylic acids is 2. The number of rotatable bonds is 39. The molecule has 31 nitrogen and oxygen atoms in total. The first kappa shape index (κ1) is 66.5. The summed E-state index contributed by atoms with van der Waals surface area (Å²) in [5, 5.41) is 67.9. The number of ether oxygens (including phenoxy) is 10. The topological polar surface area (TPSA) is 481 Å². The number of hydrogen-bond donors (Lipinski definition) is 13. The lowest BCUT2D eigenvalue weighted by Crippen LogP contribution is -2.60. The molecule has 0 saturated carbocycles. The van der Waals surface area contributed by atoms with E-state index in [1.165, 1.54) is 6.08 Å². The van der Waals surface area contributed by atoms with Crippen LogP contribution in [-0.4, -0.2) is 238 Å². The molecule has 2 rings (SSSR count). The molecule has 2 aliphatic heterocycles. The van der Waals surface area contributed by atoms with Gasteiger partial charge < -0.3 is 117 Å². The first-order valence-corrected chi connectivity index (χ1v) is 24.3. The van der Waals surface area contributed by atoms with Gasteiger partial charge in [-0.3, -0.25) is 14.4 Å². The lowest BCUT2D eigenvalue weighted by atomic mass is 9.87. The first-order chi connectivity index (χ1) is 36.7. The van der Waals surface area contributed by atoms with E-state index in [0.717, 1.165) is 13.0 Å². The highest BCUT2D eigenvalue weighted by molar-refractivity contribution is 5.86. The number of nitrogens with zero attached hydrogens (tertiary/aromatic N) is 2. The molecule has 0 aromatic carbocycles. The zero-order valence-electron chi connectivity index (χ0n) is 42.9. The molecule has 17 N–H and O–H groups in total. The van der Waals surface area contributed by atoms with E-state index >= 15 is 0 Å². The number of aliphatic carboxylic acids is 2. The summed E-state index contributed by atoms with van der Waals surface area (Å²) in [6.07, 6.45) is -2.45. The summed E-state index contributed by atoms with van der Waals surface area (Å²) in [6, 6.07) is -4.51. The predicted octanol–water partition coefficient (Wildman–Crippen LogP) is -5.36. The Morgan fingerprint density at radius 1 is 0.714 bits per heavy atom. The van der Waals surface area contributed by atoms with Crippen LogP contribution < -0.4 is 38.9 Å². The molecule has 436 valence electrons. The Hall–Kier alpha value is -6.60. The minimum Gasteiger partial charge on any atom is -0.480 e. The fraction of sp³-hybridized carbons (Fsp3) is 0.696. The summed E-state index contributed by atoms with van der Waals surface area (Å²) >= 11 is 0. The van der Waals surface area contributed by atoms with Crippen molar-refractivity contribution in [3.63, 3.8) is 0 Å². The number of carbonyl (C=O) groups is 6. The molecule has 2 aliphatic rings. The van der Waals surface area contributed by atoms with Crippen LogP contribution in [0.3, 0.4) is 0 Å². The smallest absolute Gasteiger partial charge is 0.407 e. The van der Waals surface area contributed by atoms with Crippen LogP contribution >= 0.6 is 0 Å². The van der Waals surface area contributed by atoms with Gasteiger partial charge in [0.1, 0.15) is 56.4 Å². The van der Waals surface area contributed by atoms with E-state index in [9.17, 15) is 59.4 Å². The molecule has 2 heterocycles. The molecule has 3 amide bonds. The van der Waals surface area contributed by atoms with Crippen LogP contribution in [0.2, 0.25) is 0 Å². The number of aliphatic hydroxyl groups is 4. The Balaban J connectivity index is 2.02. The van der Waals surface area contributed by atoms with Gasteiger partial charge in [-0.1, -0.05) is 19.3 Å². The highest BCUT2D eigenvalue weighted by Gasteiger charge is 2.46. The van der Waals surface area contributed by atoms with Crippen molar-refractivity contribution in [1.29, 1.82) is 0 Å². The average molecular weight is 1110 g/mol. The minimum atomic E-state index is -1.70. The molecule has 77 heavy (non-hydrogen) atoms. The monoisotopic (exact) mass is 1110 g/mol. The molecule has 0 radical (unpaired) electrons. The van der Waals surface area contributed by atoms with Crippen LogP contribution in [0.25, 0.3) is 0 Å². The second-order valence-electron chi connectivity index (χ2n) is 16.9. The maximum absolute atomic E-state index is 13.4. The molecule has 0 fully saturated rings. The molecule has 0 saturated heterocycles. The zero-order chi connectivity index (χ0) is 57.3. The van der Waals surface area contributed by atoms with Crippen LogP contribution in [-0.2, 0) is 71.3 Å². The van der Waals surface area contributed by atoms with E-state index in [0.29, 0.717) is 26.4 Å². The lowest BCUT2D eigenvalue weighted by molar-refractivity contribution is -0.161. The van der Waals surface area contributed by atoms with Gasteiger partial charge in [-0.15, -0.1) is 6.42 Å². The maximum atomic E-state index is 13.4. The van der Waals surface area contributed by atoms with Gasteiger partial charge in [-0.05, 0) is 25.0 Å². The number of aliphatic imine (C=N–C) groups is 2. The second-order valence-corrected chi connectivity index (χ2v) is 16.9. The molecular formula is C46H75N9O22. The highest BCUT2D eigenvalue weighted by atomic mass is 16.6. The number of carboxylic acid groups (broad SMARTS) is 2. The molecular weight excluding hydrogens is 1030 g/mol.